The van der Waals surface area contributed by atoms with Gasteiger partial charge in [-0.2, -0.15) is 0 Å². The minimum absolute atomic E-state index is 0.0372. The lowest BCUT2D eigenvalue weighted by Crippen LogP contribution is -2.25. The molecule has 1 aliphatic carbocycles. The SMILES string of the molecule is Cc1nc(C(N)=O)n(C)c1C1CCC(F)(F)CC1. The normalized spacial score (nSPS) is 20.0. The Kier molecular flexibility index (Phi) is 3.12. The highest BCUT2D eigenvalue weighted by atomic mass is 19.3. The van der Waals surface area contributed by atoms with E-state index in [-0.39, 0.29) is 24.6 Å². The summed E-state index contributed by atoms with van der Waals surface area (Å²) in [5, 5.41) is 0. The van der Waals surface area contributed by atoms with Crippen molar-refractivity contribution < 1.29 is 13.6 Å². The number of carbonyl (C=O) groups is 1. The van der Waals surface area contributed by atoms with Crippen molar-refractivity contribution in [3.8, 4) is 0 Å². The molecule has 0 atom stereocenters. The van der Waals surface area contributed by atoms with Crippen molar-refractivity contribution in [1.29, 1.82) is 0 Å². The number of nitrogens with two attached hydrogens (primary N) is 1. The molecular weight excluding hydrogens is 240 g/mol. The minimum atomic E-state index is -2.55. The van der Waals surface area contributed by atoms with Gasteiger partial charge < -0.3 is 10.3 Å². The predicted octanol–water partition coefficient (Wildman–Crippen LogP) is 2.12. The molecule has 1 saturated carbocycles. The third kappa shape index (κ3) is 2.23. The van der Waals surface area contributed by atoms with Gasteiger partial charge in [0.25, 0.3) is 5.91 Å². The summed E-state index contributed by atoms with van der Waals surface area (Å²) in [6.07, 6.45) is 0.638. The molecule has 6 heteroatoms. The first-order chi connectivity index (χ1) is 8.32. The van der Waals surface area contributed by atoms with Crippen LogP contribution in [0.3, 0.4) is 0 Å². The van der Waals surface area contributed by atoms with Gasteiger partial charge in [0, 0.05) is 31.5 Å². The largest absolute Gasteiger partial charge is 0.363 e. The van der Waals surface area contributed by atoms with Gasteiger partial charge in [-0.15, -0.1) is 0 Å². The van der Waals surface area contributed by atoms with E-state index in [0.29, 0.717) is 18.5 Å². The number of aromatic nitrogens is 2. The van der Waals surface area contributed by atoms with Gasteiger partial charge in [-0.1, -0.05) is 0 Å². The molecule has 0 bridgehead atoms. The highest BCUT2D eigenvalue weighted by Gasteiger charge is 2.37. The molecule has 2 rings (SSSR count). The van der Waals surface area contributed by atoms with Gasteiger partial charge >= 0.3 is 0 Å². The molecule has 18 heavy (non-hydrogen) atoms. The Hall–Kier alpha value is -1.46. The van der Waals surface area contributed by atoms with Crippen LogP contribution in [0, 0.1) is 6.92 Å². The van der Waals surface area contributed by atoms with Crippen molar-refractivity contribution in [2.75, 3.05) is 0 Å². The van der Waals surface area contributed by atoms with Gasteiger partial charge in [-0.25, -0.2) is 13.8 Å². The van der Waals surface area contributed by atoms with E-state index < -0.39 is 11.8 Å². The Morgan fingerprint density at radius 3 is 2.44 bits per heavy atom. The second-order valence-electron chi connectivity index (χ2n) is 4.96. The van der Waals surface area contributed by atoms with E-state index in [2.05, 4.69) is 4.98 Å². The molecule has 0 saturated heterocycles. The maximum absolute atomic E-state index is 13.1. The van der Waals surface area contributed by atoms with Crippen LogP contribution in [0.25, 0.3) is 0 Å². The van der Waals surface area contributed by atoms with Crippen molar-refractivity contribution >= 4 is 5.91 Å². The Morgan fingerprint density at radius 2 is 2.00 bits per heavy atom. The third-order valence-electron chi connectivity index (χ3n) is 3.65. The zero-order valence-electron chi connectivity index (χ0n) is 10.5. The summed E-state index contributed by atoms with van der Waals surface area (Å²) in [5.41, 5.74) is 6.80. The summed E-state index contributed by atoms with van der Waals surface area (Å²) in [6, 6.07) is 0. The van der Waals surface area contributed by atoms with Crippen LogP contribution in [0.5, 0.6) is 0 Å². The molecule has 1 amide bonds. The maximum Gasteiger partial charge on any atom is 0.284 e. The summed E-state index contributed by atoms with van der Waals surface area (Å²) in [4.78, 5) is 15.3. The lowest BCUT2D eigenvalue weighted by atomic mass is 9.84. The fourth-order valence-electron chi connectivity index (χ4n) is 2.75. The zero-order valence-corrected chi connectivity index (χ0v) is 10.5. The second-order valence-corrected chi connectivity index (χ2v) is 4.96. The number of carbonyl (C=O) groups excluding carboxylic acids is 1. The highest BCUT2D eigenvalue weighted by molar-refractivity contribution is 5.89. The molecule has 0 radical (unpaired) electrons. The van der Waals surface area contributed by atoms with E-state index in [1.165, 1.54) is 0 Å². The van der Waals surface area contributed by atoms with Crippen molar-refractivity contribution in [2.24, 2.45) is 12.8 Å². The molecule has 0 unspecified atom stereocenters. The van der Waals surface area contributed by atoms with Crippen LogP contribution in [0.15, 0.2) is 0 Å². The van der Waals surface area contributed by atoms with E-state index in [9.17, 15) is 13.6 Å². The highest BCUT2D eigenvalue weighted by Crippen LogP contribution is 2.41. The lowest BCUT2D eigenvalue weighted by molar-refractivity contribution is -0.0387. The van der Waals surface area contributed by atoms with Crippen LogP contribution in [-0.2, 0) is 7.05 Å². The molecule has 0 aliphatic heterocycles. The fourth-order valence-corrected chi connectivity index (χ4v) is 2.75. The number of primary amides is 1. The third-order valence-corrected chi connectivity index (χ3v) is 3.65. The molecule has 2 N–H and O–H groups in total. The monoisotopic (exact) mass is 257 g/mol. The first kappa shape index (κ1) is 13.0. The van der Waals surface area contributed by atoms with E-state index in [1.54, 1.807) is 18.5 Å². The average molecular weight is 257 g/mol. The minimum Gasteiger partial charge on any atom is -0.363 e. The summed E-state index contributed by atoms with van der Waals surface area (Å²) < 4.78 is 27.9. The molecule has 1 heterocycles. The molecule has 1 aliphatic rings. The van der Waals surface area contributed by atoms with E-state index >= 15 is 0 Å². The molecular formula is C12H17F2N3O. The molecule has 1 fully saturated rings. The van der Waals surface area contributed by atoms with Crippen molar-refractivity contribution in [3.63, 3.8) is 0 Å². The second kappa shape index (κ2) is 4.33. The van der Waals surface area contributed by atoms with Gasteiger partial charge in [0.2, 0.25) is 5.92 Å². The Bertz CT molecular complexity index is 472. The molecule has 0 aromatic carbocycles. The Morgan fingerprint density at radius 1 is 1.44 bits per heavy atom. The molecule has 100 valence electrons. The van der Waals surface area contributed by atoms with Crippen LogP contribution in [0.4, 0.5) is 8.78 Å². The van der Waals surface area contributed by atoms with Gasteiger partial charge in [0.05, 0.1) is 5.69 Å². The van der Waals surface area contributed by atoms with E-state index in [0.717, 1.165) is 5.69 Å². The summed E-state index contributed by atoms with van der Waals surface area (Å²) in [7, 11) is 1.71. The number of imidazole rings is 1. The smallest absolute Gasteiger partial charge is 0.284 e. The summed E-state index contributed by atoms with van der Waals surface area (Å²) in [6.45, 7) is 1.79. The first-order valence-electron chi connectivity index (χ1n) is 6.02. The van der Waals surface area contributed by atoms with Crippen LogP contribution < -0.4 is 5.73 Å². The van der Waals surface area contributed by atoms with Crippen LogP contribution in [0.2, 0.25) is 0 Å². The van der Waals surface area contributed by atoms with Gasteiger partial charge in [-0.05, 0) is 19.8 Å². The number of aryl methyl sites for hydroxylation is 1. The number of amides is 1. The van der Waals surface area contributed by atoms with Crippen molar-refractivity contribution in [2.45, 2.75) is 44.4 Å². The van der Waals surface area contributed by atoms with Crippen molar-refractivity contribution in [1.82, 2.24) is 9.55 Å². The predicted molar refractivity (Wildman–Crippen MR) is 62.6 cm³/mol. The Balaban J connectivity index is 2.27. The number of hydrogen-bond acceptors (Lipinski definition) is 2. The van der Waals surface area contributed by atoms with E-state index in [1.807, 2.05) is 0 Å². The lowest BCUT2D eigenvalue weighted by Gasteiger charge is -2.28. The average Bonchev–Trinajstić information content (AvgIpc) is 2.56. The van der Waals surface area contributed by atoms with Gasteiger partial charge in [-0.3, -0.25) is 4.79 Å². The molecule has 0 spiro atoms. The van der Waals surface area contributed by atoms with Gasteiger partial charge in [0.15, 0.2) is 5.82 Å². The van der Waals surface area contributed by atoms with E-state index in [4.69, 9.17) is 5.73 Å². The summed E-state index contributed by atoms with van der Waals surface area (Å²) in [5.74, 6) is -2.90. The quantitative estimate of drug-likeness (QED) is 0.882. The number of halogens is 2. The number of hydrogen-bond donors (Lipinski definition) is 1. The maximum atomic E-state index is 13.1. The summed E-state index contributed by atoms with van der Waals surface area (Å²) >= 11 is 0. The number of alkyl halides is 2. The fraction of sp³-hybridized carbons (Fsp3) is 0.667. The van der Waals surface area contributed by atoms with Crippen LogP contribution >= 0.6 is 0 Å². The van der Waals surface area contributed by atoms with Gasteiger partial charge in [0.1, 0.15) is 0 Å². The van der Waals surface area contributed by atoms with Crippen molar-refractivity contribution in [3.05, 3.63) is 17.2 Å². The first-order valence-corrected chi connectivity index (χ1v) is 6.02. The number of nitrogens with zero attached hydrogens (tertiary/aromatic N) is 2. The zero-order chi connectivity index (χ0) is 13.5. The van der Waals surface area contributed by atoms with Crippen LogP contribution in [-0.4, -0.2) is 21.4 Å². The standard InChI is InChI=1S/C12H17F2N3O/c1-7-9(17(2)11(16-7)10(15)18)8-3-5-12(13,14)6-4-8/h8H,3-6H2,1-2H3,(H2,15,18). The molecule has 4 nitrogen and oxygen atoms in total. The number of rotatable bonds is 2. The molecule has 1 aromatic heterocycles. The molecule has 1 aromatic rings. The van der Waals surface area contributed by atoms with Crippen LogP contribution in [0.1, 0.15) is 53.6 Å². The topological polar surface area (TPSA) is 60.9 Å². The Labute approximate surface area is 104 Å².